The molecule has 0 aromatic heterocycles. The van der Waals surface area contributed by atoms with Gasteiger partial charge >= 0.3 is 0 Å². The minimum Gasteiger partial charge on any atom is -0.485 e. The van der Waals surface area contributed by atoms with Gasteiger partial charge in [-0.15, -0.1) is 0 Å². The van der Waals surface area contributed by atoms with Crippen LogP contribution in [0.15, 0.2) is 42.5 Å². The molecule has 0 fully saturated rings. The quantitative estimate of drug-likeness (QED) is 0.789. The van der Waals surface area contributed by atoms with Crippen LogP contribution in [0.2, 0.25) is 5.02 Å². The van der Waals surface area contributed by atoms with E-state index < -0.39 is 0 Å². The van der Waals surface area contributed by atoms with Crippen LogP contribution in [-0.4, -0.2) is 12.4 Å². The molecule has 0 aliphatic rings. The number of aryl methyl sites for hydroxylation is 1. The smallest absolute Gasteiger partial charge is 0.200 e. The summed E-state index contributed by atoms with van der Waals surface area (Å²) in [6, 6.07) is 11.1. The van der Waals surface area contributed by atoms with Gasteiger partial charge in [-0.25, -0.2) is 4.39 Å². The van der Waals surface area contributed by atoms with Crippen LogP contribution in [-0.2, 0) is 0 Å². The summed E-state index contributed by atoms with van der Waals surface area (Å²) in [5, 5.41) is 0.493. The van der Waals surface area contributed by atoms with Gasteiger partial charge in [0.05, 0.1) is 0 Å². The van der Waals surface area contributed by atoms with Crippen LogP contribution < -0.4 is 4.74 Å². The number of Topliss-reactive ketones (excluding diaryl/α,β-unsaturated/α-hetero) is 1. The third-order valence-electron chi connectivity index (χ3n) is 2.66. The highest BCUT2D eigenvalue weighted by Crippen LogP contribution is 2.17. The highest BCUT2D eigenvalue weighted by molar-refractivity contribution is 6.31. The fourth-order valence-electron chi connectivity index (χ4n) is 1.56. The Kier molecular flexibility index (Phi) is 4.17. The molecule has 0 atom stereocenters. The standard InChI is InChI=1S/C15H12ClFO2/c1-10-5-6-13(8-14(10)17)19-9-15(18)11-3-2-4-12(16)7-11/h2-8H,9H2,1H3. The zero-order valence-electron chi connectivity index (χ0n) is 10.3. The Bertz CT molecular complexity index is 611. The van der Waals surface area contributed by atoms with Crippen molar-refractivity contribution in [1.82, 2.24) is 0 Å². The molecule has 0 unspecified atom stereocenters. The Morgan fingerprint density at radius 2 is 2.05 bits per heavy atom. The van der Waals surface area contributed by atoms with Crippen LogP contribution in [0.25, 0.3) is 0 Å². The molecule has 0 aliphatic carbocycles. The van der Waals surface area contributed by atoms with E-state index in [2.05, 4.69) is 0 Å². The monoisotopic (exact) mass is 278 g/mol. The SMILES string of the molecule is Cc1ccc(OCC(=O)c2cccc(Cl)c2)cc1F. The fourth-order valence-corrected chi connectivity index (χ4v) is 1.75. The summed E-state index contributed by atoms with van der Waals surface area (Å²) in [6.45, 7) is 1.51. The maximum atomic E-state index is 13.3. The summed E-state index contributed by atoms with van der Waals surface area (Å²) >= 11 is 5.80. The first-order valence-corrected chi connectivity index (χ1v) is 6.12. The van der Waals surface area contributed by atoms with Crippen LogP contribution in [0.5, 0.6) is 5.75 Å². The highest BCUT2D eigenvalue weighted by Gasteiger charge is 2.08. The number of carbonyl (C=O) groups is 1. The maximum Gasteiger partial charge on any atom is 0.200 e. The Balaban J connectivity index is 2.02. The first kappa shape index (κ1) is 13.6. The van der Waals surface area contributed by atoms with Crippen LogP contribution in [0.4, 0.5) is 4.39 Å². The fraction of sp³-hybridized carbons (Fsp3) is 0.133. The zero-order chi connectivity index (χ0) is 13.8. The number of carbonyl (C=O) groups excluding carboxylic acids is 1. The maximum absolute atomic E-state index is 13.3. The van der Waals surface area contributed by atoms with Crippen molar-refractivity contribution in [3.8, 4) is 5.75 Å². The summed E-state index contributed by atoms with van der Waals surface area (Å²) in [7, 11) is 0. The van der Waals surface area contributed by atoms with Crippen LogP contribution in [0.3, 0.4) is 0 Å². The van der Waals surface area contributed by atoms with E-state index in [4.69, 9.17) is 16.3 Å². The zero-order valence-corrected chi connectivity index (χ0v) is 11.1. The molecule has 2 rings (SSSR count). The second-order valence-corrected chi connectivity index (χ2v) is 4.57. The molecule has 0 heterocycles. The summed E-state index contributed by atoms with van der Waals surface area (Å²) in [5.74, 6) is -0.227. The normalized spacial score (nSPS) is 10.3. The van der Waals surface area contributed by atoms with Crippen LogP contribution >= 0.6 is 11.6 Å². The minimum atomic E-state index is -0.354. The summed E-state index contributed by atoms with van der Waals surface area (Å²) in [5.41, 5.74) is 1.01. The third kappa shape index (κ3) is 3.55. The van der Waals surface area contributed by atoms with Gasteiger partial charge in [0.25, 0.3) is 0 Å². The van der Waals surface area contributed by atoms with E-state index in [1.54, 1.807) is 43.3 Å². The molecule has 98 valence electrons. The first-order valence-electron chi connectivity index (χ1n) is 5.74. The molecule has 0 saturated carbocycles. The lowest BCUT2D eigenvalue weighted by Gasteiger charge is -2.06. The summed E-state index contributed by atoms with van der Waals surface area (Å²) < 4.78 is 18.6. The van der Waals surface area contributed by atoms with Crippen molar-refractivity contribution < 1.29 is 13.9 Å². The van der Waals surface area contributed by atoms with Crippen molar-refractivity contribution in [2.75, 3.05) is 6.61 Å². The number of rotatable bonds is 4. The van der Waals surface area contributed by atoms with Gasteiger partial charge in [0.1, 0.15) is 11.6 Å². The number of ketones is 1. The lowest BCUT2D eigenvalue weighted by molar-refractivity contribution is 0.0921. The van der Waals surface area contributed by atoms with Gasteiger partial charge < -0.3 is 4.74 Å². The van der Waals surface area contributed by atoms with Crippen LogP contribution in [0, 0.1) is 12.7 Å². The Hall–Kier alpha value is -1.87. The van der Waals surface area contributed by atoms with Crippen molar-refractivity contribution in [1.29, 1.82) is 0 Å². The molecule has 2 aromatic rings. The van der Waals surface area contributed by atoms with Gasteiger partial charge in [-0.1, -0.05) is 29.8 Å². The van der Waals surface area contributed by atoms with Crippen molar-refractivity contribution in [2.45, 2.75) is 6.92 Å². The van der Waals surface area contributed by atoms with Crippen LogP contribution in [0.1, 0.15) is 15.9 Å². The predicted molar refractivity (Wildman–Crippen MR) is 72.4 cm³/mol. The molecule has 2 aromatic carbocycles. The molecule has 0 N–H and O–H groups in total. The van der Waals surface area contributed by atoms with E-state index >= 15 is 0 Å². The largest absolute Gasteiger partial charge is 0.485 e. The third-order valence-corrected chi connectivity index (χ3v) is 2.89. The van der Waals surface area contributed by atoms with Crippen molar-refractivity contribution in [3.63, 3.8) is 0 Å². The second-order valence-electron chi connectivity index (χ2n) is 4.13. The van der Waals surface area contributed by atoms with E-state index in [9.17, 15) is 9.18 Å². The predicted octanol–water partition coefficient (Wildman–Crippen LogP) is 4.05. The van der Waals surface area contributed by atoms with E-state index in [1.165, 1.54) is 6.07 Å². The molecular weight excluding hydrogens is 267 g/mol. The van der Waals surface area contributed by atoms with Crippen molar-refractivity contribution >= 4 is 17.4 Å². The van der Waals surface area contributed by atoms with Crippen molar-refractivity contribution in [3.05, 3.63) is 64.4 Å². The summed E-state index contributed by atoms with van der Waals surface area (Å²) in [6.07, 6.45) is 0. The highest BCUT2D eigenvalue weighted by atomic mass is 35.5. The molecule has 2 nitrogen and oxygen atoms in total. The molecule has 0 spiro atoms. The molecule has 4 heteroatoms. The lowest BCUT2D eigenvalue weighted by Crippen LogP contribution is -2.11. The Morgan fingerprint density at radius 1 is 1.26 bits per heavy atom. The molecule has 0 amide bonds. The molecular formula is C15H12ClFO2. The van der Waals surface area contributed by atoms with E-state index in [1.807, 2.05) is 0 Å². The van der Waals surface area contributed by atoms with Gasteiger partial charge in [0.15, 0.2) is 12.4 Å². The molecule has 19 heavy (non-hydrogen) atoms. The topological polar surface area (TPSA) is 26.3 Å². The number of hydrogen-bond donors (Lipinski definition) is 0. The molecule has 0 saturated heterocycles. The number of benzene rings is 2. The Labute approximate surface area is 115 Å². The van der Waals surface area contributed by atoms with E-state index in [0.29, 0.717) is 21.9 Å². The molecule has 0 bridgehead atoms. The minimum absolute atomic E-state index is 0.150. The molecule has 0 aliphatic heterocycles. The second kappa shape index (κ2) is 5.85. The van der Waals surface area contributed by atoms with Gasteiger partial charge in [-0.2, -0.15) is 0 Å². The molecule has 0 radical (unpaired) electrons. The number of hydrogen-bond acceptors (Lipinski definition) is 2. The first-order chi connectivity index (χ1) is 9.06. The number of halogens is 2. The van der Waals surface area contributed by atoms with Gasteiger partial charge in [0, 0.05) is 16.7 Å². The lowest BCUT2D eigenvalue weighted by atomic mass is 10.1. The Morgan fingerprint density at radius 3 is 2.74 bits per heavy atom. The number of ether oxygens (including phenoxy) is 1. The van der Waals surface area contributed by atoms with Gasteiger partial charge in [0.2, 0.25) is 0 Å². The average molecular weight is 279 g/mol. The van der Waals surface area contributed by atoms with E-state index in [0.717, 1.165) is 0 Å². The summed E-state index contributed by atoms with van der Waals surface area (Å²) in [4.78, 5) is 11.8. The van der Waals surface area contributed by atoms with Gasteiger partial charge in [-0.3, -0.25) is 4.79 Å². The van der Waals surface area contributed by atoms with E-state index in [-0.39, 0.29) is 18.2 Å². The van der Waals surface area contributed by atoms with Crippen molar-refractivity contribution in [2.24, 2.45) is 0 Å². The average Bonchev–Trinajstić information content (AvgIpc) is 2.40. The van der Waals surface area contributed by atoms with Gasteiger partial charge in [-0.05, 0) is 30.7 Å².